The normalized spacial score (nSPS) is 11.3. The molecule has 5 rings (SSSR count). The fourth-order valence-corrected chi connectivity index (χ4v) is 5.30. The fraction of sp³-hybridized carbons (Fsp3) is 0.235. The van der Waals surface area contributed by atoms with E-state index >= 15 is 0 Å². The standard InChI is InChI=1S/C34H35N3O4/c1-22-21-24(33(38)35-18-19-37(2)3)16-17-25(22)27-12-7-13-28-29(32(34(39)40)36-31(27)28)14-8-20-41-30-15-6-10-23-9-4-5-11-26(23)30/h4-7,9-13,15-17,21,36H,8,14,18-20H2,1-3H3,(H,35,38)(H,39,40). The number of carboxylic acid groups (broad SMARTS) is 1. The number of aryl methyl sites for hydroxylation is 2. The van der Waals surface area contributed by atoms with Gasteiger partial charge in [-0.15, -0.1) is 0 Å². The Morgan fingerprint density at radius 3 is 2.46 bits per heavy atom. The van der Waals surface area contributed by atoms with E-state index in [0.29, 0.717) is 31.6 Å². The largest absolute Gasteiger partial charge is 0.493 e. The molecule has 0 atom stereocenters. The minimum atomic E-state index is -0.987. The second-order valence-electron chi connectivity index (χ2n) is 10.5. The topological polar surface area (TPSA) is 94.7 Å². The molecule has 0 bridgehead atoms. The van der Waals surface area contributed by atoms with Crippen molar-refractivity contribution in [1.82, 2.24) is 15.2 Å². The van der Waals surface area contributed by atoms with E-state index in [-0.39, 0.29) is 11.6 Å². The minimum Gasteiger partial charge on any atom is -0.493 e. The van der Waals surface area contributed by atoms with Gasteiger partial charge in [-0.3, -0.25) is 4.79 Å². The second kappa shape index (κ2) is 12.3. The number of ether oxygens (including phenoxy) is 1. The Bertz CT molecular complexity index is 1720. The first kappa shape index (κ1) is 27.9. The number of nitrogens with one attached hydrogen (secondary N) is 2. The Morgan fingerprint density at radius 2 is 1.68 bits per heavy atom. The summed E-state index contributed by atoms with van der Waals surface area (Å²) in [4.78, 5) is 30.1. The lowest BCUT2D eigenvalue weighted by Crippen LogP contribution is -2.31. The van der Waals surface area contributed by atoms with Gasteiger partial charge >= 0.3 is 5.97 Å². The van der Waals surface area contributed by atoms with Crippen LogP contribution in [0.2, 0.25) is 0 Å². The highest BCUT2D eigenvalue weighted by atomic mass is 16.5. The molecule has 7 heteroatoms. The van der Waals surface area contributed by atoms with Gasteiger partial charge in [-0.25, -0.2) is 4.79 Å². The van der Waals surface area contributed by atoms with Gasteiger partial charge in [0.15, 0.2) is 0 Å². The molecule has 1 heterocycles. The minimum absolute atomic E-state index is 0.110. The third-order valence-corrected chi connectivity index (χ3v) is 7.36. The van der Waals surface area contributed by atoms with Gasteiger partial charge in [-0.2, -0.15) is 0 Å². The van der Waals surface area contributed by atoms with Crippen LogP contribution in [0, 0.1) is 6.92 Å². The van der Waals surface area contributed by atoms with Crippen LogP contribution in [0.5, 0.6) is 5.75 Å². The summed E-state index contributed by atoms with van der Waals surface area (Å²) in [6.07, 6.45) is 1.22. The van der Waals surface area contributed by atoms with Crippen molar-refractivity contribution >= 4 is 33.6 Å². The van der Waals surface area contributed by atoms with E-state index in [0.717, 1.165) is 56.2 Å². The van der Waals surface area contributed by atoms with E-state index in [4.69, 9.17) is 4.74 Å². The van der Waals surface area contributed by atoms with Crippen molar-refractivity contribution in [2.45, 2.75) is 19.8 Å². The molecule has 210 valence electrons. The Morgan fingerprint density at radius 1 is 0.927 bits per heavy atom. The van der Waals surface area contributed by atoms with Crippen LogP contribution in [0.4, 0.5) is 0 Å². The van der Waals surface area contributed by atoms with E-state index in [1.165, 1.54) is 0 Å². The number of aromatic amines is 1. The zero-order chi connectivity index (χ0) is 28.9. The molecule has 5 aromatic rings. The van der Waals surface area contributed by atoms with Crippen LogP contribution in [-0.4, -0.2) is 60.7 Å². The molecule has 41 heavy (non-hydrogen) atoms. The monoisotopic (exact) mass is 549 g/mol. The smallest absolute Gasteiger partial charge is 0.352 e. The number of carbonyl (C=O) groups excluding carboxylic acids is 1. The summed E-state index contributed by atoms with van der Waals surface area (Å²) in [6.45, 7) is 3.78. The van der Waals surface area contributed by atoms with Crippen molar-refractivity contribution in [3.63, 3.8) is 0 Å². The molecule has 0 fully saturated rings. The highest BCUT2D eigenvalue weighted by Gasteiger charge is 2.20. The first-order valence-corrected chi connectivity index (χ1v) is 13.8. The average molecular weight is 550 g/mol. The number of likely N-dealkylation sites (N-methyl/N-ethyl adjacent to an activating group) is 1. The van der Waals surface area contributed by atoms with E-state index in [1.54, 1.807) is 0 Å². The highest BCUT2D eigenvalue weighted by Crippen LogP contribution is 2.34. The number of amides is 1. The number of benzene rings is 4. The van der Waals surface area contributed by atoms with E-state index in [1.807, 2.05) is 92.6 Å². The maximum Gasteiger partial charge on any atom is 0.352 e. The van der Waals surface area contributed by atoms with E-state index in [9.17, 15) is 14.7 Å². The summed E-state index contributed by atoms with van der Waals surface area (Å²) < 4.78 is 6.11. The summed E-state index contributed by atoms with van der Waals surface area (Å²) in [6, 6.07) is 25.6. The number of carbonyl (C=O) groups is 2. The third kappa shape index (κ3) is 6.10. The molecule has 0 saturated heterocycles. The van der Waals surface area contributed by atoms with Crippen molar-refractivity contribution in [3.05, 3.63) is 101 Å². The first-order chi connectivity index (χ1) is 19.8. The highest BCUT2D eigenvalue weighted by molar-refractivity contribution is 6.04. The molecule has 0 aliphatic heterocycles. The number of nitrogens with zero attached hydrogens (tertiary/aromatic N) is 1. The number of hydrogen-bond donors (Lipinski definition) is 3. The Hall–Kier alpha value is -4.62. The van der Waals surface area contributed by atoms with Crippen LogP contribution in [0.25, 0.3) is 32.8 Å². The van der Waals surface area contributed by atoms with Gasteiger partial charge in [0.05, 0.1) is 12.1 Å². The predicted molar refractivity (Wildman–Crippen MR) is 164 cm³/mol. The van der Waals surface area contributed by atoms with Crippen LogP contribution in [0.15, 0.2) is 78.9 Å². The van der Waals surface area contributed by atoms with Crippen LogP contribution in [0.1, 0.15) is 38.4 Å². The molecule has 0 unspecified atom stereocenters. The van der Waals surface area contributed by atoms with Crippen molar-refractivity contribution < 1.29 is 19.4 Å². The fourth-order valence-electron chi connectivity index (χ4n) is 5.30. The van der Waals surface area contributed by atoms with E-state index < -0.39 is 5.97 Å². The van der Waals surface area contributed by atoms with Crippen molar-refractivity contribution in [1.29, 1.82) is 0 Å². The lowest BCUT2D eigenvalue weighted by atomic mass is 9.95. The SMILES string of the molecule is Cc1cc(C(=O)NCCN(C)C)ccc1-c1cccc2c(CCCOc3cccc4ccccc34)c(C(=O)O)[nH]c12. The van der Waals surface area contributed by atoms with Gasteiger partial charge < -0.3 is 25.0 Å². The van der Waals surface area contributed by atoms with Crippen LogP contribution < -0.4 is 10.1 Å². The lowest BCUT2D eigenvalue weighted by molar-refractivity contribution is 0.0690. The van der Waals surface area contributed by atoms with Gasteiger partial charge in [0.25, 0.3) is 5.91 Å². The summed E-state index contributed by atoms with van der Waals surface area (Å²) in [5.41, 5.74) is 5.14. The third-order valence-electron chi connectivity index (χ3n) is 7.36. The average Bonchev–Trinajstić information content (AvgIpc) is 3.34. The first-order valence-electron chi connectivity index (χ1n) is 13.8. The Balaban J connectivity index is 1.37. The molecule has 0 spiro atoms. The molecule has 0 aliphatic rings. The quantitative estimate of drug-likeness (QED) is 0.168. The number of hydrogen-bond acceptors (Lipinski definition) is 4. The number of para-hydroxylation sites is 1. The summed E-state index contributed by atoms with van der Waals surface area (Å²) in [7, 11) is 3.93. The van der Waals surface area contributed by atoms with Crippen molar-refractivity contribution in [2.75, 3.05) is 33.8 Å². The lowest BCUT2D eigenvalue weighted by Gasteiger charge is -2.12. The number of aromatic carboxylic acids is 1. The summed E-state index contributed by atoms with van der Waals surface area (Å²) in [5.74, 6) is -0.271. The molecule has 0 saturated carbocycles. The molecule has 3 N–H and O–H groups in total. The zero-order valence-electron chi connectivity index (χ0n) is 23.7. The van der Waals surface area contributed by atoms with E-state index in [2.05, 4.69) is 22.4 Å². The molecule has 4 aromatic carbocycles. The summed E-state index contributed by atoms with van der Waals surface area (Å²) in [5, 5.41) is 16.0. The van der Waals surface area contributed by atoms with Crippen LogP contribution in [-0.2, 0) is 6.42 Å². The van der Waals surface area contributed by atoms with Gasteiger partial charge in [0.1, 0.15) is 11.4 Å². The number of aromatic nitrogens is 1. The summed E-state index contributed by atoms with van der Waals surface area (Å²) >= 11 is 0. The maximum atomic E-state index is 12.6. The van der Waals surface area contributed by atoms with Gasteiger partial charge in [-0.1, -0.05) is 60.7 Å². The zero-order valence-corrected chi connectivity index (χ0v) is 23.7. The Labute approximate surface area is 239 Å². The molecular weight excluding hydrogens is 514 g/mol. The van der Waals surface area contributed by atoms with Gasteiger partial charge in [-0.05, 0) is 74.1 Å². The van der Waals surface area contributed by atoms with Crippen molar-refractivity contribution in [3.8, 4) is 16.9 Å². The molecule has 1 amide bonds. The Kier molecular flexibility index (Phi) is 8.36. The second-order valence-corrected chi connectivity index (χ2v) is 10.5. The molecule has 0 radical (unpaired) electrons. The number of rotatable bonds is 11. The predicted octanol–water partition coefficient (Wildman–Crippen LogP) is 6.30. The number of H-pyrrole nitrogens is 1. The van der Waals surface area contributed by atoms with Gasteiger partial charge in [0, 0.05) is 35.0 Å². The van der Waals surface area contributed by atoms with Crippen molar-refractivity contribution in [2.24, 2.45) is 0 Å². The molecular formula is C34H35N3O4. The number of carboxylic acids is 1. The van der Waals surface area contributed by atoms with Crippen LogP contribution in [0.3, 0.4) is 0 Å². The molecule has 0 aliphatic carbocycles. The number of fused-ring (bicyclic) bond motifs is 2. The molecule has 7 nitrogen and oxygen atoms in total. The maximum absolute atomic E-state index is 12.6. The van der Waals surface area contributed by atoms with Crippen LogP contribution >= 0.6 is 0 Å². The molecule has 1 aromatic heterocycles. The van der Waals surface area contributed by atoms with Gasteiger partial charge in [0.2, 0.25) is 0 Å².